The lowest BCUT2D eigenvalue weighted by molar-refractivity contribution is -0.148. The van der Waals surface area contributed by atoms with Gasteiger partial charge in [0.2, 0.25) is 23.6 Å². The van der Waals surface area contributed by atoms with E-state index in [0.29, 0.717) is 13.1 Å². The third-order valence-corrected chi connectivity index (χ3v) is 10.7. The molecular weight excluding hydrogens is 646 g/mol. The summed E-state index contributed by atoms with van der Waals surface area (Å²) in [6.07, 6.45) is 3.06. The zero-order chi connectivity index (χ0) is 38.4. The molecule has 0 bridgehead atoms. The molecule has 0 saturated carbocycles. The molecule has 1 aliphatic rings. The quantitative estimate of drug-likeness (QED) is 0.181. The summed E-state index contributed by atoms with van der Waals surface area (Å²) in [7, 11) is 8.68. The van der Waals surface area contributed by atoms with Crippen molar-refractivity contribution >= 4 is 23.6 Å². The topological polar surface area (TPSA) is 121 Å². The van der Waals surface area contributed by atoms with Crippen molar-refractivity contribution in [1.29, 1.82) is 0 Å². The lowest BCUT2D eigenvalue weighted by Gasteiger charge is -2.41. The maximum atomic E-state index is 14.2. The number of benzene rings is 1. The maximum absolute atomic E-state index is 14.2. The van der Waals surface area contributed by atoms with Gasteiger partial charge in [-0.15, -0.1) is 0 Å². The van der Waals surface area contributed by atoms with Gasteiger partial charge in [0.1, 0.15) is 6.04 Å². The summed E-state index contributed by atoms with van der Waals surface area (Å²) >= 11 is 0. The third-order valence-electron chi connectivity index (χ3n) is 10.7. The maximum Gasteiger partial charge on any atom is 0.245 e. The highest BCUT2D eigenvalue weighted by molar-refractivity contribution is 5.90. The molecule has 290 valence electrons. The standard InChI is InChI=1S/C40H69N5O6/c1-13-28(6)36(44(10)40(49)34(26(2)3)42-39(48)35(27(4)5)43(8)9)32(50-11)25-33(46)45-24-18-22-31(45)37(51-12)29(7)38(47)41-23-17-21-30-19-15-14-16-20-30/h14-16,19-20,26-29,31-32,34-37H,13,17-18,21-25H2,1-12H3,(H,41,47)(H,42,48)/t28-,29+,31-,32+,34-,35-,36-,37+/m0/s1. The van der Waals surface area contributed by atoms with Crippen molar-refractivity contribution in [2.75, 3.05) is 48.5 Å². The molecule has 51 heavy (non-hydrogen) atoms. The molecule has 1 aliphatic heterocycles. The Morgan fingerprint density at radius 2 is 1.57 bits per heavy atom. The van der Waals surface area contributed by atoms with Gasteiger partial charge in [-0.2, -0.15) is 0 Å². The van der Waals surface area contributed by atoms with Gasteiger partial charge >= 0.3 is 0 Å². The van der Waals surface area contributed by atoms with Crippen LogP contribution in [-0.4, -0.2) is 123 Å². The van der Waals surface area contributed by atoms with Gasteiger partial charge in [0.05, 0.1) is 42.7 Å². The van der Waals surface area contributed by atoms with Crippen LogP contribution in [0.25, 0.3) is 0 Å². The number of nitrogens with zero attached hydrogens (tertiary/aromatic N) is 3. The molecule has 11 nitrogen and oxygen atoms in total. The summed E-state index contributed by atoms with van der Waals surface area (Å²) in [6, 6.07) is 8.42. The van der Waals surface area contributed by atoms with Crippen molar-refractivity contribution in [2.24, 2.45) is 23.7 Å². The smallest absolute Gasteiger partial charge is 0.245 e. The van der Waals surface area contributed by atoms with E-state index in [4.69, 9.17) is 9.47 Å². The number of ether oxygens (including phenoxy) is 2. The summed E-state index contributed by atoms with van der Waals surface area (Å²) in [5.74, 6) is -1.10. The molecule has 0 aliphatic carbocycles. The summed E-state index contributed by atoms with van der Waals surface area (Å²) < 4.78 is 12.0. The van der Waals surface area contributed by atoms with E-state index in [1.54, 1.807) is 26.2 Å². The van der Waals surface area contributed by atoms with Crippen LogP contribution >= 0.6 is 0 Å². The first-order valence-electron chi connectivity index (χ1n) is 19.0. The van der Waals surface area contributed by atoms with Crippen LogP contribution < -0.4 is 10.6 Å². The van der Waals surface area contributed by atoms with Crippen molar-refractivity contribution in [2.45, 2.75) is 123 Å². The summed E-state index contributed by atoms with van der Waals surface area (Å²) in [5, 5.41) is 6.12. The molecule has 2 rings (SSSR count). The molecule has 8 atom stereocenters. The van der Waals surface area contributed by atoms with E-state index in [1.807, 2.05) is 76.7 Å². The number of likely N-dealkylation sites (tertiary alicyclic amines) is 1. The van der Waals surface area contributed by atoms with Crippen LogP contribution in [0.1, 0.15) is 86.1 Å². The predicted molar refractivity (Wildman–Crippen MR) is 203 cm³/mol. The fraction of sp³-hybridized carbons (Fsp3) is 0.750. The van der Waals surface area contributed by atoms with Crippen molar-refractivity contribution in [3.63, 3.8) is 0 Å². The number of hydrogen-bond acceptors (Lipinski definition) is 7. The number of amides is 4. The normalized spacial score (nSPS) is 19.0. The number of carbonyl (C=O) groups excluding carboxylic acids is 4. The van der Waals surface area contributed by atoms with E-state index in [1.165, 1.54) is 5.56 Å². The fourth-order valence-corrected chi connectivity index (χ4v) is 7.72. The minimum Gasteiger partial charge on any atom is -0.379 e. The Kier molecular flexibility index (Phi) is 18.6. The molecule has 1 heterocycles. The highest BCUT2D eigenvalue weighted by Gasteiger charge is 2.43. The minimum atomic E-state index is -0.736. The van der Waals surface area contributed by atoms with Gasteiger partial charge in [-0.25, -0.2) is 0 Å². The van der Waals surface area contributed by atoms with E-state index < -0.39 is 30.2 Å². The monoisotopic (exact) mass is 716 g/mol. The largest absolute Gasteiger partial charge is 0.379 e. The van der Waals surface area contributed by atoms with Crippen molar-refractivity contribution in [3.05, 3.63) is 35.9 Å². The molecule has 0 aromatic heterocycles. The van der Waals surface area contributed by atoms with Gasteiger partial charge < -0.3 is 29.9 Å². The molecule has 11 heteroatoms. The number of aryl methyl sites for hydroxylation is 1. The number of carbonyl (C=O) groups is 4. The molecule has 1 aromatic carbocycles. The Balaban J connectivity index is 2.18. The van der Waals surface area contributed by atoms with Gasteiger partial charge in [-0.1, -0.05) is 85.2 Å². The Labute approximate surface area is 308 Å². The van der Waals surface area contributed by atoms with Crippen LogP contribution in [0.2, 0.25) is 0 Å². The SMILES string of the molecule is CC[C@H](C)[C@@H]([C@@H](CC(=O)N1CCC[C@H]1[C@H](OC)[C@@H](C)C(=O)NCCCc1ccccc1)OC)N(C)C(=O)[C@@H](NC(=O)[C@H](C(C)C)N(C)C)C(C)C. The molecule has 1 saturated heterocycles. The third kappa shape index (κ3) is 12.3. The number of methoxy groups -OCH3 is 2. The zero-order valence-corrected chi connectivity index (χ0v) is 33.6. The van der Waals surface area contributed by atoms with Crippen LogP contribution in [0.15, 0.2) is 30.3 Å². The summed E-state index contributed by atoms with van der Waals surface area (Å²) in [4.78, 5) is 60.3. The molecule has 0 spiro atoms. The number of nitrogens with one attached hydrogen (secondary N) is 2. The summed E-state index contributed by atoms with van der Waals surface area (Å²) in [5.41, 5.74) is 1.24. The van der Waals surface area contributed by atoms with Crippen molar-refractivity contribution < 1.29 is 28.7 Å². The van der Waals surface area contributed by atoms with E-state index in [9.17, 15) is 19.2 Å². The van der Waals surface area contributed by atoms with Gasteiger partial charge in [0.15, 0.2) is 0 Å². The lowest BCUT2D eigenvalue weighted by Crippen LogP contribution is -2.59. The Morgan fingerprint density at radius 3 is 2.10 bits per heavy atom. The second-order valence-electron chi connectivity index (χ2n) is 15.4. The molecule has 1 aromatic rings. The fourth-order valence-electron chi connectivity index (χ4n) is 7.72. The summed E-state index contributed by atoms with van der Waals surface area (Å²) in [6.45, 7) is 15.0. The first-order valence-corrected chi connectivity index (χ1v) is 19.0. The van der Waals surface area contributed by atoms with E-state index in [0.717, 1.165) is 32.1 Å². The van der Waals surface area contributed by atoms with Gasteiger partial charge in [0.25, 0.3) is 0 Å². The first kappa shape index (κ1) is 44.1. The second-order valence-corrected chi connectivity index (χ2v) is 15.4. The average molecular weight is 716 g/mol. The Bertz CT molecular complexity index is 1220. The van der Waals surface area contributed by atoms with Crippen LogP contribution in [0.5, 0.6) is 0 Å². The zero-order valence-electron chi connectivity index (χ0n) is 33.6. The van der Waals surface area contributed by atoms with Gasteiger partial charge in [-0.3, -0.25) is 24.1 Å². The number of rotatable bonds is 21. The molecule has 0 unspecified atom stereocenters. The van der Waals surface area contributed by atoms with E-state index in [-0.39, 0.29) is 59.9 Å². The Morgan fingerprint density at radius 1 is 0.922 bits per heavy atom. The van der Waals surface area contributed by atoms with Crippen LogP contribution in [0, 0.1) is 23.7 Å². The molecule has 1 fully saturated rings. The molecule has 4 amide bonds. The Hall–Kier alpha value is -3.02. The van der Waals surface area contributed by atoms with Crippen LogP contribution in [0.4, 0.5) is 0 Å². The number of hydrogen-bond donors (Lipinski definition) is 2. The minimum absolute atomic E-state index is 0.0112. The second kappa shape index (κ2) is 21.5. The molecule has 2 N–H and O–H groups in total. The van der Waals surface area contributed by atoms with Crippen LogP contribution in [0.3, 0.4) is 0 Å². The van der Waals surface area contributed by atoms with E-state index in [2.05, 4.69) is 36.6 Å². The number of likely N-dealkylation sites (N-methyl/N-ethyl adjacent to an activating group) is 2. The first-order chi connectivity index (χ1) is 24.1. The van der Waals surface area contributed by atoms with Crippen molar-refractivity contribution in [1.82, 2.24) is 25.3 Å². The average Bonchev–Trinajstić information content (AvgIpc) is 3.58. The predicted octanol–water partition coefficient (Wildman–Crippen LogP) is 4.38. The lowest BCUT2D eigenvalue weighted by atomic mass is 9.89. The highest BCUT2D eigenvalue weighted by atomic mass is 16.5. The van der Waals surface area contributed by atoms with Crippen LogP contribution in [-0.2, 0) is 35.1 Å². The van der Waals surface area contributed by atoms with Crippen molar-refractivity contribution in [3.8, 4) is 0 Å². The highest BCUT2D eigenvalue weighted by Crippen LogP contribution is 2.29. The molecular formula is C40H69N5O6. The molecule has 0 radical (unpaired) electrons. The van der Waals surface area contributed by atoms with Gasteiger partial charge in [-0.05, 0) is 63.1 Å². The van der Waals surface area contributed by atoms with E-state index >= 15 is 0 Å². The van der Waals surface area contributed by atoms with Gasteiger partial charge in [0, 0.05) is 34.4 Å².